The number of pyridine rings is 1. The Kier molecular flexibility index (Phi) is 4.40. The zero-order valence-electron chi connectivity index (χ0n) is 11.6. The van der Waals surface area contributed by atoms with Crippen LogP contribution in [-0.4, -0.2) is 26.0 Å². The molecule has 5 nitrogen and oxygen atoms in total. The van der Waals surface area contributed by atoms with Crippen molar-refractivity contribution in [1.29, 1.82) is 0 Å². The molecule has 0 saturated carbocycles. The smallest absolute Gasteiger partial charge is 0.335 e. The van der Waals surface area contributed by atoms with Crippen molar-refractivity contribution in [2.75, 3.05) is 0 Å². The van der Waals surface area contributed by atoms with Crippen LogP contribution in [0.15, 0.2) is 30.6 Å². The highest BCUT2D eigenvalue weighted by molar-refractivity contribution is 5.88. The van der Waals surface area contributed by atoms with E-state index < -0.39 is 5.97 Å². The molecule has 0 unspecified atom stereocenters. The molecular formula is C15H17N3O2. The summed E-state index contributed by atoms with van der Waals surface area (Å²) in [7, 11) is 0. The molecule has 2 rings (SSSR count). The van der Waals surface area contributed by atoms with Crippen molar-refractivity contribution in [2.24, 2.45) is 5.92 Å². The second kappa shape index (κ2) is 6.23. The fourth-order valence-corrected chi connectivity index (χ4v) is 1.78. The Morgan fingerprint density at radius 3 is 2.65 bits per heavy atom. The number of carboxylic acids is 1. The first-order valence-electron chi connectivity index (χ1n) is 6.58. The van der Waals surface area contributed by atoms with E-state index in [9.17, 15) is 4.79 Å². The molecule has 20 heavy (non-hydrogen) atoms. The average Bonchev–Trinajstić information content (AvgIpc) is 2.45. The van der Waals surface area contributed by atoms with E-state index in [-0.39, 0.29) is 5.56 Å². The van der Waals surface area contributed by atoms with E-state index >= 15 is 0 Å². The summed E-state index contributed by atoms with van der Waals surface area (Å²) < 4.78 is 0. The van der Waals surface area contributed by atoms with Gasteiger partial charge in [-0.1, -0.05) is 13.8 Å². The number of aryl methyl sites for hydroxylation is 1. The summed E-state index contributed by atoms with van der Waals surface area (Å²) in [6.07, 6.45) is 5.00. The number of hydrogen-bond acceptors (Lipinski definition) is 4. The molecule has 0 aliphatic carbocycles. The third-order valence-electron chi connectivity index (χ3n) is 2.92. The Bertz CT molecular complexity index is 612. The third-order valence-corrected chi connectivity index (χ3v) is 2.92. The van der Waals surface area contributed by atoms with E-state index in [0.29, 0.717) is 17.3 Å². The molecule has 0 amide bonds. The molecular weight excluding hydrogens is 254 g/mol. The van der Waals surface area contributed by atoms with Crippen LogP contribution in [0.2, 0.25) is 0 Å². The summed E-state index contributed by atoms with van der Waals surface area (Å²) in [5, 5.41) is 9.00. The topological polar surface area (TPSA) is 76.0 Å². The molecule has 0 aromatic carbocycles. The lowest BCUT2D eigenvalue weighted by molar-refractivity contribution is 0.0697. The third kappa shape index (κ3) is 3.60. The predicted octanol–water partition coefficient (Wildman–Crippen LogP) is 2.83. The second-order valence-corrected chi connectivity index (χ2v) is 5.03. The van der Waals surface area contributed by atoms with Crippen molar-refractivity contribution < 1.29 is 9.90 Å². The normalized spacial score (nSPS) is 10.8. The highest BCUT2D eigenvalue weighted by Gasteiger charge is 2.08. The van der Waals surface area contributed by atoms with Gasteiger partial charge in [-0.05, 0) is 30.5 Å². The van der Waals surface area contributed by atoms with Crippen LogP contribution < -0.4 is 0 Å². The predicted molar refractivity (Wildman–Crippen MR) is 75.4 cm³/mol. The van der Waals surface area contributed by atoms with Gasteiger partial charge >= 0.3 is 5.97 Å². The van der Waals surface area contributed by atoms with E-state index in [1.807, 2.05) is 0 Å². The fourth-order valence-electron chi connectivity index (χ4n) is 1.78. The molecule has 0 bridgehead atoms. The molecule has 0 atom stereocenters. The van der Waals surface area contributed by atoms with Crippen molar-refractivity contribution in [2.45, 2.75) is 26.7 Å². The number of hydrogen-bond donors (Lipinski definition) is 1. The zero-order valence-corrected chi connectivity index (χ0v) is 11.6. The highest BCUT2D eigenvalue weighted by atomic mass is 16.4. The minimum atomic E-state index is -0.970. The van der Waals surface area contributed by atoms with Crippen LogP contribution in [0, 0.1) is 5.92 Å². The Morgan fingerprint density at radius 2 is 1.95 bits per heavy atom. The Morgan fingerprint density at radius 1 is 1.20 bits per heavy atom. The van der Waals surface area contributed by atoms with Crippen LogP contribution in [-0.2, 0) is 6.42 Å². The van der Waals surface area contributed by atoms with Gasteiger partial charge in [0.15, 0.2) is 0 Å². The average molecular weight is 271 g/mol. The number of aromatic nitrogens is 3. The summed E-state index contributed by atoms with van der Waals surface area (Å²) in [5.74, 6) is 0.386. The summed E-state index contributed by atoms with van der Waals surface area (Å²) >= 11 is 0. The molecule has 0 saturated heterocycles. The van der Waals surface area contributed by atoms with Crippen LogP contribution in [0.4, 0.5) is 0 Å². The quantitative estimate of drug-likeness (QED) is 0.904. The molecule has 2 aromatic rings. The van der Waals surface area contributed by atoms with Crippen LogP contribution in [0.3, 0.4) is 0 Å². The van der Waals surface area contributed by atoms with Crippen molar-refractivity contribution in [3.8, 4) is 11.4 Å². The Labute approximate surface area is 117 Å². The van der Waals surface area contributed by atoms with Crippen molar-refractivity contribution >= 4 is 5.97 Å². The Balaban J connectivity index is 2.26. The van der Waals surface area contributed by atoms with Gasteiger partial charge < -0.3 is 5.11 Å². The molecule has 2 heterocycles. The maximum absolute atomic E-state index is 11.0. The van der Waals surface area contributed by atoms with Gasteiger partial charge in [-0.3, -0.25) is 4.98 Å². The first-order valence-corrected chi connectivity index (χ1v) is 6.58. The number of carboxylic acid groups (broad SMARTS) is 1. The van der Waals surface area contributed by atoms with E-state index in [1.165, 1.54) is 18.3 Å². The standard InChI is InChI=1S/C15H17N3O2/c1-10(2)3-4-14-17-8-6-12(18-14)13-9-11(15(19)20)5-7-16-13/h5-10H,3-4H2,1-2H3,(H,19,20). The molecule has 0 fully saturated rings. The number of nitrogens with zero attached hydrogens (tertiary/aromatic N) is 3. The van der Waals surface area contributed by atoms with Gasteiger partial charge in [0.1, 0.15) is 5.82 Å². The second-order valence-electron chi connectivity index (χ2n) is 5.03. The number of carbonyl (C=O) groups is 1. The highest BCUT2D eigenvalue weighted by Crippen LogP contribution is 2.16. The van der Waals surface area contributed by atoms with Crippen LogP contribution in [0.25, 0.3) is 11.4 Å². The molecule has 1 N–H and O–H groups in total. The van der Waals surface area contributed by atoms with Gasteiger partial charge in [-0.25, -0.2) is 14.8 Å². The van der Waals surface area contributed by atoms with Gasteiger partial charge in [-0.2, -0.15) is 0 Å². The van der Waals surface area contributed by atoms with Crippen molar-refractivity contribution in [1.82, 2.24) is 15.0 Å². The van der Waals surface area contributed by atoms with Crippen molar-refractivity contribution in [3.05, 3.63) is 42.0 Å². The maximum atomic E-state index is 11.0. The van der Waals surface area contributed by atoms with Gasteiger partial charge in [0, 0.05) is 18.8 Å². The van der Waals surface area contributed by atoms with Gasteiger partial charge in [0.25, 0.3) is 0 Å². The van der Waals surface area contributed by atoms with E-state index in [0.717, 1.165) is 18.7 Å². The van der Waals surface area contributed by atoms with Gasteiger partial charge in [0.2, 0.25) is 0 Å². The maximum Gasteiger partial charge on any atom is 0.335 e. The lowest BCUT2D eigenvalue weighted by Gasteiger charge is -2.05. The summed E-state index contributed by atoms with van der Waals surface area (Å²) in [6, 6.07) is 4.73. The van der Waals surface area contributed by atoms with E-state index in [4.69, 9.17) is 5.11 Å². The first-order chi connectivity index (χ1) is 9.56. The van der Waals surface area contributed by atoms with Gasteiger partial charge in [-0.15, -0.1) is 0 Å². The van der Waals surface area contributed by atoms with Gasteiger partial charge in [0.05, 0.1) is 17.0 Å². The monoisotopic (exact) mass is 271 g/mol. The zero-order chi connectivity index (χ0) is 14.5. The lowest BCUT2D eigenvalue weighted by Crippen LogP contribution is -2.01. The minimum Gasteiger partial charge on any atom is -0.478 e. The number of rotatable bonds is 5. The fraction of sp³-hybridized carbons (Fsp3) is 0.333. The van der Waals surface area contributed by atoms with Crippen LogP contribution >= 0.6 is 0 Å². The summed E-state index contributed by atoms with van der Waals surface area (Å²) in [4.78, 5) is 23.8. The molecule has 5 heteroatoms. The van der Waals surface area contributed by atoms with Crippen LogP contribution in [0.1, 0.15) is 36.5 Å². The molecule has 0 spiro atoms. The van der Waals surface area contributed by atoms with Crippen molar-refractivity contribution in [3.63, 3.8) is 0 Å². The molecule has 0 aliphatic heterocycles. The van der Waals surface area contributed by atoms with E-state index in [1.54, 1.807) is 12.3 Å². The first kappa shape index (κ1) is 14.1. The molecule has 0 aliphatic rings. The summed E-state index contributed by atoms with van der Waals surface area (Å²) in [6.45, 7) is 4.31. The molecule has 2 aromatic heterocycles. The SMILES string of the molecule is CC(C)CCc1nccc(-c2cc(C(=O)O)ccn2)n1. The minimum absolute atomic E-state index is 0.206. The molecule has 104 valence electrons. The summed E-state index contributed by atoms with van der Waals surface area (Å²) in [5.41, 5.74) is 1.41. The molecule has 0 radical (unpaired) electrons. The largest absolute Gasteiger partial charge is 0.478 e. The number of aromatic carboxylic acids is 1. The Hall–Kier alpha value is -2.30. The van der Waals surface area contributed by atoms with Crippen LogP contribution in [0.5, 0.6) is 0 Å². The lowest BCUT2D eigenvalue weighted by atomic mass is 10.1. The van der Waals surface area contributed by atoms with E-state index in [2.05, 4.69) is 28.8 Å².